The zero-order chi connectivity index (χ0) is 18.5. The number of hydrogen-bond donors (Lipinski definition) is 3. The SMILES string of the molecule is CCNC(=O)Nc1cc(Oc2ccc3ccn(C(=O)NC)c3c2)ccn1. The van der Waals surface area contributed by atoms with Gasteiger partial charge < -0.3 is 15.4 Å². The lowest BCUT2D eigenvalue weighted by Gasteiger charge is -2.09. The van der Waals surface area contributed by atoms with Crippen LogP contribution in [0, 0.1) is 0 Å². The van der Waals surface area contributed by atoms with Crippen LogP contribution in [-0.2, 0) is 0 Å². The number of rotatable bonds is 4. The van der Waals surface area contributed by atoms with Crippen molar-refractivity contribution in [1.29, 1.82) is 0 Å². The third-order valence-electron chi connectivity index (χ3n) is 3.64. The molecular formula is C18H19N5O3. The number of nitrogens with one attached hydrogen (secondary N) is 3. The van der Waals surface area contributed by atoms with E-state index < -0.39 is 0 Å². The molecule has 0 saturated carbocycles. The average molecular weight is 353 g/mol. The second-order valence-corrected chi connectivity index (χ2v) is 5.42. The summed E-state index contributed by atoms with van der Waals surface area (Å²) in [6, 6.07) is 10.1. The van der Waals surface area contributed by atoms with E-state index in [0.29, 0.717) is 23.9 Å². The summed E-state index contributed by atoms with van der Waals surface area (Å²) in [5.41, 5.74) is 0.733. The molecule has 0 fully saturated rings. The second-order valence-electron chi connectivity index (χ2n) is 5.42. The lowest BCUT2D eigenvalue weighted by Crippen LogP contribution is -2.28. The highest BCUT2D eigenvalue weighted by Crippen LogP contribution is 2.27. The molecule has 26 heavy (non-hydrogen) atoms. The van der Waals surface area contributed by atoms with Crippen molar-refractivity contribution in [1.82, 2.24) is 20.2 Å². The molecule has 0 aliphatic heterocycles. The van der Waals surface area contributed by atoms with Gasteiger partial charge in [-0.25, -0.2) is 14.6 Å². The number of nitrogens with zero attached hydrogens (tertiary/aromatic N) is 2. The molecule has 0 aliphatic rings. The van der Waals surface area contributed by atoms with E-state index >= 15 is 0 Å². The molecule has 8 nitrogen and oxygen atoms in total. The molecule has 3 N–H and O–H groups in total. The summed E-state index contributed by atoms with van der Waals surface area (Å²) in [5.74, 6) is 1.46. The van der Waals surface area contributed by atoms with Gasteiger partial charge in [0.2, 0.25) is 0 Å². The van der Waals surface area contributed by atoms with Gasteiger partial charge in [0.1, 0.15) is 17.3 Å². The molecule has 0 unspecified atom stereocenters. The van der Waals surface area contributed by atoms with E-state index in [1.807, 2.05) is 25.1 Å². The highest BCUT2D eigenvalue weighted by Gasteiger charge is 2.09. The first-order valence-corrected chi connectivity index (χ1v) is 8.12. The van der Waals surface area contributed by atoms with Gasteiger partial charge in [0, 0.05) is 43.5 Å². The number of ether oxygens (including phenoxy) is 1. The summed E-state index contributed by atoms with van der Waals surface area (Å²) in [6.45, 7) is 2.35. The zero-order valence-corrected chi connectivity index (χ0v) is 14.4. The molecule has 0 saturated heterocycles. The smallest absolute Gasteiger partial charge is 0.325 e. The Morgan fingerprint density at radius 3 is 2.73 bits per heavy atom. The maximum absolute atomic E-state index is 11.9. The molecule has 2 heterocycles. The Morgan fingerprint density at radius 1 is 1.15 bits per heavy atom. The third-order valence-corrected chi connectivity index (χ3v) is 3.64. The van der Waals surface area contributed by atoms with Crippen molar-refractivity contribution >= 4 is 28.8 Å². The van der Waals surface area contributed by atoms with Crippen LogP contribution < -0.4 is 20.7 Å². The minimum absolute atomic E-state index is 0.227. The fourth-order valence-electron chi connectivity index (χ4n) is 2.47. The first kappa shape index (κ1) is 17.3. The maximum Gasteiger partial charge on any atom is 0.325 e. The van der Waals surface area contributed by atoms with E-state index in [1.54, 1.807) is 37.6 Å². The summed E-state index contributed by atoms with van der Waals surface area (Å²) in [7, 11) is 1.58. The molecule has 0 radical (unpaired) electrons. The molecule has 8 heteroatoms. The van der Waals surface area contributed by atoms with Crippen LogP contribution in [0.15, 0.2) is 48.8 Å². The number of pyridine rings is 1. The molecule has 0 atom stereocenters. The number of hydrogen-bond acceptors (Lipinski definition) is 4. The van der Waals surface area contributed by atoms with Gasteiger partial charge in [0.25, 0.3) is 0 Å². The van der Waals surface area contributed by atoms with Crippen molar-refractivity contribution < 1.29 is 14.3 Å². The number of aromatic nitrogens is 2. The van der Waals surface area contributed by atoms with Gasteiger partial charge >= 0.3 is 12.1 Å². The Bertz CT molecular complexity index is 951. The quantitative estimate of drug-likeness (QED) is 0.671. The number of carbonyl (C=O) groups excluding carboxylic acids is 2. The average Bonchev–Trinajstić information content (AvgIpc) is 3.05. The number of fused-ring (bicyclic) bond motifs is 1. The molecule has 134 valence electrons. The van der Waals surface area contributed by atoms with Gasteiger partial charge in [-0.05, 0) is 31.2 Å². The normalized spacial score (nSPS) is 10.4. The molecule has 0 bridgehead atoms. The second kappa shape index (κ2) is 7.56. The van der Waals surface area contributed by atoms with Crippen LogP contribution in [0.4, 0.5) is 15.4 Å². The molecule has 3 rings (SSSR count). The fourth-order valence-corrected chi connectivity index (χ4v) is 2.47. The molecule has 0 aliphatic carbocycles. The summed E-state index contributed by atoms with van der Waals surface area (Å²) < 4.78 is 7.36. The predicted octanol–water partition coefficient (Wildman–Crippen LogP) is 3.16. The van der Waals surface area contributed by atoms with Gasteiger partial charge in [-0.2, -0.15) is 0 Å². The van der Waals surface area contributed by atoms with Crippen molar-refractivity contribution in [2.45, 2.75) is 6.92 Å². The van der Waals surface area contributed by atoms with Crippen LogP contribution in [-0.4, -0.2) is 35.2 Å². The largest absolute Gasteiger partial charge is 0.457 e. The van der Waals surface area contributed by atoms with Gasteiger partial charge in [0.05, 0.1) is 5.52 Å². The van der Waals surface area contributed by atoms with Crippen molar-refractivity contribution in [3.05, 3.63) is 48.8 Å². The number of urea groups is 1. The Balaban J connectivity index is 1.82. The highest BCUT2D eigenvalue weighted by atomic mass is 16.5. The Hall–Kier alpha value is -3.55. The number of anilines is 1. The molecule has 1 aromatic carbocycles. The summed E-state index contributed by atoms with van der Waals surface area (Å²) in [6.07, 6.45) is 3.25. The van der Waals surface area contributed by atoms with Crippen molar-refractivity contribution in [3.63, 3.8) is 0 Å². The van der Waals surface area contributed by atoms with E-state index in [4.69, 9.17) is 4.74 Å². The summed E-state index contributed by atoms with van der Waals surface area (Å²) >= 11 is 0. The van der Waals surface area contributed by atoms with Crippen molar-refractivity contribution in [2.24, 2.45) is 0 Å². The number of benzene rings is 1. The molecule has 0 spiro atoms. The summed E-state index contributed by atoms with van der Waals surface area (Å²) in [5, 5.41) is 8.78. The Kier molecular flexibility index (Phi) is 5.02. The minimum Gasteiger partial charge on any atom is -0.457 e. The monoisotopic (exact) mass is 353 g/mol. The molecular weight excluding hydrogens is 334 g/mol. The van der Waals surface area contributed by atoms with E-state index in [9.17, 15) is 9.59 Å². The lowest BCUT2D eigenvalue weighted by atomic mass is 10.2. The number of amides is 3. The van der Waals surface area contributed by atoms with Gasteiger partial charge in [0.15, 0.2) is 0 Å². The minimum atomic E-state index is -0.332. The Morgan fingerprint density at radius 2 is 1.96 bits per heavy atom. The van der Waals surface area contributed by atoms with Crippen LogP contribution >= 0.6 is 0 Å². The van der Waals surface area contributed by atoms with Crippen LogP contribution in [0.2, 0.25) is 0 Å². The molecule has 3 aromatic rings. The maximum atomic E-state index is 11.9. The van der Waals surface area contributed by atoms with Gasteiger partial charge in [-0.15, -0.1) is 0 Å². The molecule has 2 aromatic heterocycles. The van der Waals surface area contributed by atoms with Crippen LogP contribution in [0.25, 0.3) is 10.9 Å². The van der Waals surface area contributed by atoms with E-state index in [-0.39, 0.29) is 12.1 Å². The van der Waals surface area contributed by atoms with E-state index in [1.165, 1.54) is 4.57 Å². The van der Waals surface area contributed by atoms with Gasteiger partial charge in [-0.1, -0.05) is 0 Å². The van der Waals surface area contributed by atoms with E-state index in [0.717, 1.165) is 10.9 Å². The van der Waals surface area contributed by atoms with Crippen LogP contribution in [0.5, 0.6) is 11.5 Å². The zero-order valence-electron chi connectivity index (χ0n) is 14.4. The van der Waals surface area contributed by atoms with Crippen molar-refractivity contribution in [3.8, 4) is 11.5 Å². The van der Waals surface area contributed by atoms with Crippen molar-refractivity contribution in [2.75, 3.05) is 18.9 Å². The Labute approximate surface area is 150 Å². The first-order valence-electron chi connectivity index (χ1n) is 8.12. The first-order chi connectivity index (χ1) is 12.6. The van der Waals surface area contributed by atoms with Crippen LogP contribution in [0.1, 0.15) is 6.92 Å². The standard InChI is InChI=1S/C18H19N5O3/c1-3-20-17(24)22-16-11-14(6-8-21-16)26-13-5-4-12-7-9-23(15(12)10-13)18(25)19-2/h4-11H,3H2,1-2H3,(H,19,25)(H2,20,21,22,24). The topological polar surface area (TPSA) is 97.3 Å². The third kappa shape index (κ3) is 3.75. The molecule has 3 amide bonds. The fraction of sp³-hybridized carbons (Fsp3) is 0.167. The van der Waals surface area contributed by atoms with E-state index in [2.05, 4.69) is 20.9 Å². The lowest BCUT2D eigenvalue weighted by molar-refractivity contribution is 0.245. The highest BCUT2D eigenvalue weighted by molar-refractivity contribution is 5.92. The summed E-state index contributed by atoms with van der Waals surface area (Å²) in [4.78, 5) is 27.6. The van der Waals surface area contributed by atoms with Crippen LogP contribution in [0.3, 0.4) is 0 Å². The van der Waals surface area contributed by atoms with Gasteiger partial charge in [-0.3, -0.25) is 9.88 Å². The predicted molar refractivity (Wildman–Crippen MR) is 98.8 cm³/mol. The number of carbonyl (C=O) groups is 2.